The van der Waals surface area contributed by atoms with E-state index in [0.717, 1.165) is 12.1 Å². The molecule has 7 aromatic carbocycles. The second kappa shape index (κ2) is 26.3. The molecule has 23 heteroatoms. The molecule has 0 saturated heterocycles. The molecule has 7 aromatic rings. The summed E-state index contributed by atoms with van der Waals surface area (Å²) in [7, 11) is -4.25. The van der Waals surface area contributed by atoms with Crippen molar-refractivity contribution in [3.05, 3.63) is 220 Å². The number of hydrogen-bond acceptors (Lipinski definition) is 0. The second-order valence-electron chi connectivity index (χ2n) is 14.1. The summed E-state index contributed by atoms with van der Waals surface area (Å²) in [5.74, 6) is -43.9. The summed E-state index contributed by atoms with van der Waals surface area (Å²) in [6.45, 7) is 0. The Balaban J connectivity index is 0.00000116. The number of rotatable bonds is 9. The van der Waals surface area contributed by atoms with Crippen molar-refractivity contribution in [3.8, 4) is 12.3 Å². The van der Waals surface area contributed by atoms with Gasteiger partial charge in [-0.05, 0) is 60.7 Å². The lowest BCUT2D eigenvalue weighted by Gasteiger charge is -2.43. The Morgan fingerprint density at radius 1 is 0.375 bits per heavy atom. The van der Waals surface area contributed by atoms with Crippen molar-refractivity contribution < 1.29 is 65.9 Å². The normalized spacial score (nSPS) is 11.4. The van der Waals surface area contributed by atoms with Crippen molar-refractivity contribution in [1.82, 2.24) is 0 Å². The van der Waals surface area contributed by atoms with E-state index < -0.39 is 122 Å². The molecule has 0 amide bonds. The van der Waals surface area contributed by atoms with Gasteiger partial charge in [-0.1, -0.05) is 60.5 Å². The second-order valence-corrected chi connectivity index (χ2v) is 19.9. The van der Waals surface area contributed by atoms with E-state index in [9.17, 15) is 13.2 Å². The largest absolute Gasteiger partial charge is 0.207 e. The van der Waals surface area contributed by atoms with Gasteiger partial charge in [-0.15, -0.1) is 92.4 Å². The van der Waals surface area contributed by atoms with Gasteiger partial charge in [-0.3, -0.25) is 0 Å². The molecule has 0 saturated carbocycles. The maximum absolute atomic E-state index is 16.8. The zero-order valence-electron chi connectivity index (χ0n) is 35.7. The Labute approximate surface area is 432 Å². The van der Waals surface area contributed by atoms with E-state index in [1.165, 1.54) is 103 Å². The lowest BCUT2D eigenvalue weighted by Crippen LogP contribution is -2.72. The van der Waals surface area contributed by atoms with Crippen LogP contribution in [0.25, 0.3) is 5.31 Å². The summed E-state index contributed by atoms with van der Waals surface area (Å²) < 4.78 is 239. The lowest BCUT2D eigenvalue weighted by molar-refractivity contribution is 0.380. The molecule has 0 fully saturated rings. The van der Waals surface area contributed by atoms with Gasteiger partial charge < -0.3 is 0 Å². The minimum atomic E-state index is -6.14. The van der Waals surface area contributed by atoms with Crippen LogP contribution in [0, 0.1) is 99.6 Å². The number of benzene rings is 7. The molecule has 0 spiro atoms. The van der Waals surface area contributed by atoms with E-state index in [4.69, 9.17) is 76.0 Å². The van der Waals surface area contributed by atoms with Gasteiger partial charge >= 0.3 is 0 Å². The lowest BCUT2D eigenvalue weighted by atomic mass is 9.15. The smallest absolute Gasteiger partial charge is 0.200 e. The zero-order chi connectivity index (χ0) is 53.8. The third-order valence-electron chi connectivity index (χ3n) is 10.6. The molecule has 0 atom stereocenters. The fourth-order valence-electron chi connectivity index (χ4n) is 7.94. The Kier molecular flexibility index (Phi) is 21.8. The van der Waals surface area contributed by atoms with E-state index in [0.29, 0.717) is 0 Å². The highest BCUT2D eigenvalue weighted by Crippen LogP contribution is 2.66. The monoisotopic (exact) mass is 1150 g/mol. The molecule has 0 radical (unpaired) electrons. The van der Waals surface area contributed by atoms with Crippen LogP contribution in [-0.2, 0) is 0 Å². The van der Waals surface area contributed by atoms with Gasteiger partial charge in [0.2, 0.25) is 0 Å². The third kappa shape index (κ3) is 11.2. The molecule has 0 aliphatic heterocycles. The van der Waals surface area contributed by atoms with Crippen LogP contribution in [0.15, 0.2) is 121 Å². The zero-order valence-corrected chi connectivity index (χ0v) is 41.1. The van der Waals surface area contributed by atoms with Crippen LogP contribution in [0.4, 0.5) is 65.9 Å². The molecule has 0 bridgehead atoms. The molecule has 72 heavy (non-hydrogen) atoms. The molecule has 0 unspecified atom stereocenters. The first-order valence-corrected chi connectivity index (χ1v) is 24.7. The first kappa shape index (κ1) is 59.6. The highest BCUT2D eigenvalue weighted by Gasteiger charge is 2.54. The standard InChI is InChI=1S/C46H21BF15P.3CH2Cl2/c1-2-23-18-20-24(21-19-23)28(63(25-12-6-3-7-13-25,26-14-8-4-9-15-26)27-16-10-5-11-17-27)22-47(29-32(48)38(54)44(60)39(55)33(29)49,30-34(50)40(56)45(61)41(57)35(30)51)31-36(52)42(58)46(62)43(59)37(31)53;3*2-1-3/h1,3-22H;3*1H2/b28-22+;;;. The minimum Gasteiger partial charge on any atom is -0.207 e. The molecule has 0 N–H and O–H groups in total. The molecule has 0 nitrogen and oxygen atoms in total. The van der Waals surface area contributed by atoms with Gasteiger partial charge in [-0.2, -0.15) is 5.98 Å². The van der Waals surface area contributed by atoms with E-state index >= 15 is 52.7 Å². The number of hydrogen-bond donors (Lipinski definition) is 0. The maximum atomic E-state index is 16.8. The van der Waals surface area contributed by atoms with Crippen LogP contribution in [0.1, 0.15) is 11.1 Å². The van der Waals surface area contributed by atoms with Crippen LogP contribution >= 0.6 is 76.9 Å². The fraction of sp³-hybridized carbons (Fsp3) is 0.0612. The fourth-order valence-corrected chi connectivity index (χ4v) is 12.5. The number of alkyl halides is 6. The van der Waals surface area contributed by atoms with Crippen LogP contribution in [-0.4, -0.2) is 22.2 Å². The maximum Gasteiger partial charge on any atom is 0.200 e. The molecule has 0 aliphatic carbocycles. The highest BCUT2D eigenvalue weighted by molar-refractivity contribution is 8.03. The predicted molar refractivity (Wildman–Crippen MR) is 261 cm³/mol. The first-order chi connectivity index (χ1) is 34.2. The van der Waals surface area contributed by atoms with E-state index in [2.05, 4.69) is 5.92 Å². The van der Waals surface area contributed by atoms with Gasteiger partial charge in [0.1, 0.15) is 64.2 Å². The van der Waals surface area contributed by atoms with Crippen molar-refractivity contribution in [2.45, 2.75) is 0 Å². The average molecular weight is 1160 g/mol. The van der Waals surface area contributed by atoms with Crippen molar-refractivity contribution in [3.63, 3.8) is 0 Å². The Hall–Kier alpha value is -4.98. The molecule has 7 rings (SSSR count). The summed E-state index contributed by atoms with van der Waals surface area (Å²) in [5, 5.41) is 0.302. The highest BCUT2D eigenvalue weighted by atomic mass is 35.5. The van der Waals surface area contributed by atoms with Crippen LogP contribution < -0.4 is 32.3 Å². The molecule has 0 aliphatic rings. The van der Waals surface area contributed by atoms with E-state index in [-0.39, 0.29) is 49.0 Å². The molecule has 0 heterocycles. The van der Waals surface area contributed by atoms with Crippen LogP contribution in [0.3, 0.4) is 0 Å². The summed E-state index contributed by atoms with van der Waals surface area (Å²) >= 11 is 28.6. The quantitative estimate of drug-likeness (QED) is 0.0257. The molecular formula is C49H27BCl6F15P. The average Bonchev–Trinajstić information content (AvgIpc) is 3.39. The number of halogens is 21. The number of terminal acetylenes is 1. The van der Waals surface area contributed by atoms with Crippen LogP contribution in [0.5, 0.6) is 0 Å². The summed E-state index contributed by atoms with van der Waals surface area (Å²) in [6, 6.07) is 26.5. The summed E-state index contributed by atoms with van der Waals surface area (Å²) in [6.07, 6.45) is -0.565. The molecule has 0 aromatic heterocycles. The van der Waals surface area contributed by atoms with Crippen molar-refractivity contribution in [2.75, 3.05) is 16.0 Å². The topological polar surface area (TPSA) is 0 Å². The van der Waals surface area contributed by atoms with E-state index in [1.807, 2.05) is 0 Å². The molecular weight excluding hydrogens is 1130 g/mol. The summed E-state index contributed by atoms with van der Waals surface area (Å²) in [4.78, 5) is 0. The van der Waals surface area contributed by atoms with Gasteiger partial charge in [0.25, 0.3) is 0 Å². The van der Waals surface area contributed by atoms with Crippen molar-refractivity contribution >= 4 is 121 Å². The summed E-state index contributed by atoms with van der Waals surface area (Å²) in [5.41, 5.74) is -8.48. The van der Waals surface area contributed by atoms with Crippen molar-refractivity contribution in [2.24, 2.45) is 0 Å². The van der Waals surface area contributed by atoms with E-state index in [1.54, 1.807) is 0 Å². The Bertz CT molecular complexity index is 2740. The van der Waals surface area contributed by atoms with Gasteiger partial charge in [0, 0.05) is 11.1 Å². The Morgan fingerprint density at radius 3 is 0.819 bits per heavy atom. The first-order valence-electron chi connectivity index (χ1n) is 19.7. The van der Waals surface area contributed by atoms with Gasteiger partial charge in [-0.25, -0.2) is 65.9 Å². The third-order valence-corrected chi connectivity index (χ3v) is 15.0. The SMILES string of the molecule is C#Cc1ccc(/C(=C\[B-](c2c(F)c(F)c(F)c(F)c2F)(c2c(F)c(F)c(F)c(F)c2F)c2c(F)c(F)c(F)c(F)c2F)[P+](c2ccccc2)(c2ccccc2)c2ccccc2)cc1.ClCCl.ClCCl.ClCCl. The van der Waals surface area contributed by atoms with Gasteiger partial charge in [0.05, 0.1) is 21.3 Å². The predicted octanol–water partition coefficient (Wildman–Crippen LogP) is 14.1. The molecule has 378 valence electrons. The Morgan fingerprint density at radius 2 is 0.597 bits per heavy atom. The van der Waals surface area contributed by atoms with Gasteiger partial charge in [0.15, 0.2) is 52.4 Å². The van der Waals surface area contributed by atoms with Crippen molar-refractivity contribution in [1.29, 1.82) is 0 Å². The van der Waals surface area contributed by atoms with Crippen LogP contribution in [0.2, 0.25) is 0 Å². The minimum absolute atomic E-state index is 0.0699.